The molecule has 0 fully saturated rings. The van der Waals surface area contributed by atoms with Gasteiger partial charge in [0.05, 0.1) is 7.11 Å². The highest BCUT2D eigenvalue weighted by atomic mass is 16.5. The van der Waals surface area contributed by atoms with Crippen LogP contribution in [0.2, 0.25) is 0 Å². The first-order valence-corrected chi connectivity index (χ1v) is 5.54. The fourth-order valence-electron chi connectivity index (χ4n) is 1.55. The minimum absolute atomic E-state index is 0.130. The zero-order valence-electron chi connectivity index (χ0n) is 10.6. The van der Waals surface area contributed by atoms with Gasteiger partial charge in [-0.2, -0.15) is 0 Å². The van der Waals surface area contributed by atoms with Gasteiger partial charge in [-0.1, -0.05) is 6.07 Å². The average molecular weight is 282 g/mol. The molecule has 7 heteroatoms. The van der Waals surface area contributed by atoms with Crippen LogP contribution in [0.1, 0.15) is 17.2 Å². The van der Waals surface area contributed by atoms with Crippen molar-refractivity contribution in [1.82, 2.24) is 0 Å². The van der Waals surface area contributed by atoms with Crippen molar-refractivity contribution in [3.8, 4) is 5.75 Å². The molecule has 0 heterocycles. The lowest BCUT2D eigenvalue weighted by molar-refractivity contribution is -0.153. The number of rotatable bonds is 6. The number of hydrogen-bond acceptors (Lipinski definition) is 5. The molecule has 2 atom stereocenters. The van der Waals surface area contributed by atoms with Crippen molar-refractivity contribution in [2.45, 2.75) is 12.2 Å². The first-order chi connectivity index (χ1) is 9.36. The molecule has 0 saturated carbocycles. The second-order valence-electron chi connectivity index (χ2n) is 3.90. The maximum atomic E-state index is 10.6. The normalized spacial score (nSPS) is 13.9. The Balaban J connectivity index is 3.15. The molecule has 0 aliphatic rings. The van der Waals surface area contributed by atoms with Crippen molar-refractivity contribution in [3.05, 3.63) is 35.4 Å². The first kappa shape index (κ1) is 15.7. The molecule has 20 heavy (non-hydrogen) atoms. The van der Waals surface area contributed by atoms with Gasteiger partial charge in [0.25, 0.3) is 0 Å². The quantitative estimate of drug-likeness (QED) is 0.552. The van der Waals surface area contributed by atoms with E-state index in [-0.39, 0.29) is 5.56 Å². The molecule has 0 radical (unpaired) electrons. The van der Waals surface area contributed by atoms with E-state index in [9.17, 15) is 19.8 Å². The Morgan fingerprint density at radius 3 is 2.40 bits per heavy atom. The molecule has 0 aromatic heterocycles. The number of carboxylic acid groups (broad SMARTS) is 2. The molecular weight excluding hydrogens is 268 g/mol. The zero-order valence-corrected chi connectivity index (χ0v) is 10.6. The number of hydrogen-bond donors (Lipinski definition) is 4. The Morgan fingerprint density at radius 1 is 1.25 bits per heavy atom. The summed E-state index contributed by atoms with van der Waals surface area (Å²) in [6.07, 6.45) is -1.48. The van der Waals surface area contributed by atoms with Gasteiger partial charge in [0.1, 0.15) is 11.9 Å². The Hall–Kier alpha value is -2.38. The van der Waals surface area contributed by atoms with Crippen LogP contribution in [0, 0.1) is 0 Å². The van der Waals surface area contributed by atoms with E-state index in [0.717, 1.165) is 6.08 Å². The Morgan fingerprint density at radius 2 is 1.90 bits per heavy atom. The number of carboxylic acids is 2. The van der Waals surface area contributed by atoms with Gasteiger partial charge >= 0.3 is 11.9 Å². The molecule has 0 aliphatic carbocycles. The monoisotopic (exact) mass is 282 g/mol. The number of aliphatic hydroxyl groups is 2. The Bertz CT molecular complexity index is 536. The van der Waals surface area contributed by atoms with E-state index < -0.39 is 24.1 Å². The predicted octanol–water partition coefficient (Wildman–Crippen LogP) is 0.272. The number of methoxy groups -OCH3 is 1. The summed E-state index contributed by atoms with van der Waals surface area (Å²) in [5.74, 6) is -2.37. The molecule has 4 N–H and O–H groups in total. The van der Waals surface area contributed by atoms with Crippen LogP contribution in [0.5, 0.6) is 5.75 Å². The van der Waals surface area contributed by atoms with Crippen molar-refractivity contribution in [2.75, 3.05) is 7.11 Å². The van der Waals surface area contributed by atoms with Crippen LogP contribution in [0.25, 0.3) is 6.08 Å². The molecule has 0 saturated heterocycles. The number of aliphatic carboxylic acids is 2. The summed E-state index contributed by atoms with van der Waals surface area (Å²) < 4.78 is 5.02. The van der Waals surface area contributed by atoms with E-state index in [1.807, 2.05) is 0 Å². The third kappa shape index (κ3) is 3.81. The number of carbonyl (C=O) groups is 2. The van der Waals surface area contributed by atoms with Gasteiger partial charge in [0.15, 0.2) is 6.10 Å². The maximum absolute atomic E-state index is 10.6. The lowest BCUT2D eigenvalue weighted by Gasteiger charge is -2.16. The number of aliphatic hydroxyl groups excluding tert-OH is 2. The van der Waals surface area contributed by atoms with Crippen LogP contribution in [-0.4, -0.2) is 45.6 Å². The SMILES string of the molecule is COc1ccc(C(O)C(O)C(=O)O)cc1/C=C/C(=O)O. The molecule has 0 bridgehead atoms. The molecular formula is C13H14O7. The third-order valence-corrected chi connectivity index (χ3v) is 2.55. The van der Waals surface area contributed by atoms with Crippen molar-refractivity contribution in [1.29, 1.82) is 0 Å². The summed E-state index contributed by atoms with van der Waals surface area (Å²) in [6, 6.07) is 4.16. The van der Waals surface area contributed by atoms with Gasteiger partial charge in [-0.3, -0.25) is 0 Å². The van der Waals surface area contributed by atoms with Gasteiger partial charge in [-0.15, -0.1) is 0 Å². The molecule has 1 rings (SSSR count). The summed E-state index contributed by atoms with van der Waals surface area (Å²) in [4.78, 5) is 21.1. The second kappa shape index (κ2) is 6.69. The van der Waals surface area contributed by atoms with Crippen molar-refractivity contribution in [2.24, 2.45) is 0 Å². The number of benzene rings is 1. The highest BCUT2D eigenvalue weighted by molar-refractivity contribution is 5.86. The molecule has 7 nitrogen and oxygen atoms in total. The lowest BCUT2D eigenvalue weighted by Crippen LogP contribution is -2.27. The molecule has 2 unspecified atom stereocenters. The van der Waals surface area contributed by atoms with E-state index in [1.54, 1.807) is 0 Å². The summed E-state index contributed by atoms with van der Waals surface area (Å²) >= 11 is 0. The van der Waals surface area contributed by atoms with Gasteiger partial charge in [-0.05, 0) is 23.8 Å². The summed E-state index contributed by atoms with van der Waals surface area (Å²) in [7, 11) is 1.38. The molecule has 0 amide bonds. The van der Waals surface area contributed by atoms with Gasteiger partial charge in [0.2, 0.25) is 0 Å². The van der Waals surface area contributed by atoms with Gasteiger partial charge in [-0.25, -0.2) is 9.59 Å². The van der Waals surface area contributed by atoms with Crippen molar-refractivity contribution >= 4 is 18.0 Å². The molecule has 1 aromatic carbocycles. The van der Waals surface area contributed by atoms with Crippen LogP contribution in [0.15, 0.2) is 24.3 Å². The van der Waals surface area contributed by atoms with E-state index >= 15 is 0 Å². The Labute approximate surface area is 114 Å². The van der Waals surface area contributed by atoms with Crippen molar-refractivity contribution < 1.29 is 34.8 Å². The highest BCUT2D eigenvalue weighted by Crippen LogP contribution is 2.26. The fourth-order valence-corrected chi connectivity index (χ4v) is 1.55. The van der Waals surface area contributed by atoms with Gasteiger partial charge < -0.3 is 25.2 Å². The molecule has 0 spiro atoms. The van der Waals surface area contributed by atoms with Crippen LogP contribution < -0.4 is 4.74 Å². The van der Waals surface area contributed by atoms with Crippen molar-refractivity contribution in [3.63, 3.8) is 0 Å². The summed E-state index contributed by atoms with van der Waals surface area (Å²) in [5, 5.41) is 36.2. The molecule has 1 aromatic rings. The summed E-state index contributed by atoms with van der Waals surface area (Å²) in [5.41, 5.74) is 0.467. The topological polar surface area (TPSA) is 124 Å². The first-order valence-electron chi connectivity index (χ1n) is 5.54. The average Bonchev–Trinajstić information content (AvgIpc) is 2.42. The smallest absolute Gasteiger partial charge is 0.335 e. The Kier molecular flexibility index (Phi) is 5.24. The molecule has 108 valence electrons. The zero-order chi connectivity index (χ0) is 15.3. The number of ether oxygens (including phenoxy) is 1. The van der Waals surface area contributed by atoms with Crippen LogP contribution in [0.3, 0.4) is 0 Å². The summed E-state index contributed by atoms with van der Waals surface area (Å²) in [6.45, 7) is 0. The predicted molar refractivity (Wildman–Crippen MR) is 68.3 cm³/mol. The fraction of sp³-hybridized carbons (Fsp3) is 0.231. The standard InChI is InChI=1S/C13H14O7/c1-20-9-4-2-8(11(16)12(17)13(18)19)6-7(9)3-5-10(14)15/h2-6,11-12,16-17H,1H3,(H,14,15)(H,18,19)/b5-3+. The van der Waals surface area contributed by atoms with Crippen LogP contribution in [-0.2, 0) is 9.59 Å². The van der Waals surface area contributed by atoms with E-state index in [2.05, 4.69) is 0 Å². The van der Waals surface area contributed by atoms with Crippen LogP contribution in [0.4, 0.5) is 0 Å². The van der Waals surface area contributed by atoms with E-state index in [1.165, 1.54) is 31.4 Å². The third-order valence-electron chi connectivity index (χ3n) is 2.55. The second-order valence-corrected chi connectivity index (χ2v) is 3.90. The van der Waals surface area contributed by atoms with E-state index in [4.69, 9.17) is 14.9 Å². The lowest BCUT2D eigenvalue weighted by atomic mass is 10.0. The molecule has 0 aliphatic heterocycles. The van der Waals surface area contributed by atoms with Gasteiger partial charge in [0, 0.05) is 11.6 Å². The van der Waals surface area contributed by atoms with E-state index in [0.29, 0.717) is 11.3 Å². The minimum Gasteiger partial charge on any atom is -0.496 e. The minimum atomic E-state index is -1.97. The highest BCUT2D eigenvalue weighted by Gasteiger charge is 2.25. The largest absolute Gasteiger partial charge is 0.496 e. The maximum Gasteiger partial charge on any atom is 0.335 e. The van der Waals surface area contributed by atoms with Crippen LogP contribution >= 0.6 is 0 Å².